The summed E-state index contributed by atoms with van der Waals surface area (Å²) >= 11 is 0. The van der Waals surface area contributed by atoms with E-state index < -0.39 is 0 Å². The highest BCUT2D eigenvalue weighted by Gasteiger charge is 2.38. The zero-order chi connectivity index (χ0) is 13.9. The van der Waals surface area contributed by atoms with Crippen LogP contribution in [0.4, 0.5) is 0 Å². The molecule has 2 fully saturated rings. The summed E-state index contributed by atoms with van der Waals surface area (Å²) in [7, 11) is 0. The molecule has 3 N–H and O–H groups in total. The highest BCUT2D eigenvalue weighted by molar-refractivity contribution is 5.78. The highest BCUT2D eigenvalue weighted by atomic mass is 16.5. The molecule has 0 aromatic heterocycles. The number of nitrogens with one attached hydrogen (secondary N) is 1. The second kappa shape index (κ2) is 5.73. The minimum atomic E-state index is 0.333. The Bertz CT molecular complexity index is 496. The second-order valence-electron chi connectivity index (χ2n) is 5.70. The van der Waals surface area contributed by atoms with Gasteiger partial charge >= 0.3 is 0 Å². The van der Waals surface area contributed by atoms with Crippen molar-refractivity contribution in [3.8, 4) is 5.75 Å². The van der Waals surface area contributed by atoms with Crippen molar-refractivity contribution < 1.29 is 4.74 Å². The molecule has 2 atom stereocenters. The summed E-state index contributed by atoms with van der Waals surface area (Å²) < 4.78 is 5.54. The third-order valence-corrected chi connectivity index (χ3v) is 4.12. The Kier molecular flexibility index (Phi) is 3.81. The van der Waals surface area contributed by atoms with E-state index in [-0.39, 0.29) is 0 Å². The second-order valence-corrected chi connectivity index (χ2v) is 5.70. The largest absolute Gasteiger partial charge is 0.494 e. The molecule has 20 heavy (non-hydrogen) atoms. The first-order valence-corrected chi connectivity index (χ1v) is 7.59. The van der Waals surface area contributed by atoms with E-state index in [1.165, 1.54) is 24.8 Å². The Morgan fingerprint density at radius 1 is 1.45 bits per heavy atom. The molecule has 2 saturated carbocycles. The Morgan fingerprint density at radius 2 is 2.30 bits per heavy atom. The van der Waals surface area contributed by atoms with Crippen LogP contribution in [0, 0.1) is 0 Å². The summed E-state index contributed by atoms with van der Waals surface area (Å²) in [5.74, 6) is 2.06. The number of benzene rings is 1. The van der Waals surface area contributed by atoms with E-state index in [1.54, 1.807) is 0 Å². The standard InChI is InChI=1S/C16H23N3O/c1-2-20-13-8-3-5-11(9-13)14-10-15(14)19-16(17)18-12-6-4-7-12/h3,5,8-9,12,14-15H,2,4,6-7,10H2,1H3,(H3,17,18,19)/t14-,15+/m0/s1. The Balaban J connectivity index is 1.57. The van der Waals surface area contributed by atoms with Crippen molar-refractivity contribution in [2.24, 2.45) is 10.7 Å². The molecule has 0 radical (unpaired) electrons. The number of rotatable bonds is 5. The number of guanidine groups is 1. The van der Waals surface area contributed by atoms with Crippen molar-refractivity contribution in [2.75, 3.05) is 6.61 Å². The van der Waals surface area contributed by atoms with Gasteiger partial charge in [0.15, 0.2) is 5.96 Å². The average Bonchev–Trinajstić information content (AvgIpc) is 3.14. The van der Waals surface area contributed by atoms with Gasteiger partial charge in [-0.25, -0.2) is 4.99 Å². The van der Waals surface area contributed by atoms with Crippen LogP contribution in [0.2, 0.25) is 0 Å². The molecule has 2 aliphatic rings. The molecule has 0 bridgehead atoms. The van der Waals surface area contributed by atoms with Crippen LogP contribution in [-0.4, -0.2) is 24.7 Å². The molecule has 3 rings (SSSR count). The zero-order valence-electron chi connectivity index (χ0n) is 12.0. The van der Waals surface area contributed by atoms with Gasteiger partial charge in [0.25, 0.3) is 0 Å². The molecule has 4 heteroatoms. The molecule has 0 unspecified atom stereocenters. The molecule has 0 spiro atoms. The molecule has 1 aromatic rings. The number of hydrogen-bond donors (Lipinski definition) is 2. The summed E-state index contributed by atoms with van der Waals surface area (Å²) in [4.78, 5) is 4.59. The summed E-state index contributed by atoms with van der Waals surface area (Å²) in [6.45, 7) is 2.71. The van der Waals surface area contributed by atoms with Crippen LogP contribution in [0.3, 0.4) is 0 Å². The molecular formula is C16H23N3O. The topological polar surface area (TPSA) is 59.6 Å². The van der Waals surface area contributed by atoms with E-state index in [0.717, 1.165) is 12.2 Å². The van der Waals surface area contributed by atoms with E-state index in [0.29, 0.717) is 30.6 Å². The zero-order valence-corrected chi connectivity index (χ0v) is 12.0. The summed E-state index contributed by atoms with van der Waals surface area (Å²) in [5.41, 5.74) is 7.26. The van der Waals surface area contributed by atoms with Crippen molar-refractivity contribution >= 4 is 5.96 Å². The predicted molar refractivity (Wildman–Crippen MR) is 81.2 cm³/mol. The fraction of sp³-hybridized carbons (Fsp3) is 0.562. The maximum absolute atomic E-state index is 5.96. The van der Waals surface area contributed by atoms with Crippen molar-refractivity contribution in [3.63, 3.8) is 0 Å². The lowest BCUT2D eigenvalue weighted by Gasteiger charge is -2.26. The van der Waals surface area contributed by atoms with Crippen molar-refractivity contribution in [3.05, 3.63) is 29.8 Å². The van der Waals surface area contributed by atoms with Crippen LogP contribution >= 0.6 is 0 Å². The van der Waals surface area contributed by atoms with Gasteiger partial charge in [-0.05, 0) is 50.3 Å². The van der Waals surface area contributed by atoms with Gasteiger partial charge in [0, 0.05) is 12.0 Å². The van der Waals surface area contributed by atoms with Crippen molar-refractivity contribution in [1.82, 2.24) is 5.32 Å². The molecule has 108 valence electrons. The van der Waals surface area contributed by atoms with Gasteiger partial charge in [-0.15, -0.1) is 0 Å². The summed E-state index contributed by atoms with van der Waals surface area (Å²) in [6, 6.07) is 9.21. The minimum absolute atomic E-state index is 0.333. The predicted octanol–water partition coefficient (Wildman–Crippen LogP) is 2.40. The molecule has 2 aliphatic carbocycles. The maximum Gasteiger partial charge on any atom is 0.189 e. The molecule has 0 aliphatic heterocycles. The van der Waals surface area contributed by atoms with E-state index in [2.05, 4.69) is 28.5 Å². The number of hydrogen-bond acceptors (Lipinski definition) is 2. The van der Waals surface area contributed by atoms with Gasteiger partial charge in [0.1, 0.15) is 5.75 Å². The lowest BCUT2D eigenvalue weighted by Crippen LogP contribution is -2.43. The van der Waals surface area contributed by atoms with E-state index in [4.69, 9.17) is 10.5 Å². The number of aliphatic imine (C=N–C) groups is 1. The molecule has 0 saturated heterocycles. The summed E-state index contributed by atoms with van der Waals surface area (Å²) in [5, 5.41) is 3.29. The molecule has 1 aromatic carbocycles. The van der Waals surface area contributed by atoms with Crippen LogP contribution in [0.1, 0.15) is 44.1 Å². The van der Waals surface area contributed by atoms with Gasteiger partial charge in [0.2, 0.25) is 0 Å². The molecule has 0 heterocycles. The lowest BCUT2D eigenvalue weighted by atomic mass is 9.93. The highest BCUT2D eigenvalue weighted by Crippen LogP contribution is 2.44. The fourth-order valence-electron chi connectivity index (χ4n) is 2.66. The molecular weight excluding hydrogens is 250 g/mol. The monoisotopic (exact) mass is 273 g/mol. The van der Waals surface area contributed by atoms with Crippen LogP contribution in [0.5, 0.6) is 5.75 Å². The number of nitrogens with two attached hydrogens (primary N) is 1. The number of ether oxygens (including phenoxy) is 1. The first kappa shape index (κ1) is 13.3. The third kappa shape index (κ3) is 3.06. The minimum Gasteiger partial charge on any atom is -0.494 e. The van der Waals surface area contributed by atoms with E-state index in [1.807, 2.05) is 13.0 Å². The fourth-order valence-corrected chi connectivity index (χ4v) is 2.66. The van der Waals surface area contributed by atoms with Crippen LogP contribution < -0.4 is 15.8 Å². The van der Waals surface area contributed by atoms with Gasteiger partial charge in [-0.2, -0.15) is 0 Å². The summed E-state index contributed by atoms with van der Waals surface area (Å²) in [6.07, 6.45) is 4.84. The first-order valence-electron chi connectivity index (χ1n) is 7.59. The van der Waals surface area contributed by atoms with E-state index in [9.17, 15) is 0 Å². The Hall–Kier alpha value is -1.71. The normalized spacial score (nSPS) is 25.9. The average molecular weight is 273 g/mol. The van der Waals surface area contributed by atoms with E-state index >= 15 is 0 Å². The van der Waals surface area contributed by atoms with Gasteiger partial charge in [-0.3, -0.25) is 0 Å². The molecule has 0 amide bonds. The van der Waals surface area contributed by atoms with Crippen LogP contribution in [0.15, 0.2) is 29.3 Å². The first-order chi connectivity index (χ1) is 9.76. The van der Waals surface area contributed by atoms with Crippen LogP contribution in [-0.2, 0) is 0 Å². The van der Waals surface area contributed by atoms with Crippen LogP contribution in [0.25, 0.3) is 0 Å². The SMILES string of the molecule is CCOc1cccc([C@@H]2C[C@H]2N=C(N)NC2CCC2)c1. The van der Waals surface area contributed by atoms with Gasteiger partial charge < -0.3 is 15.8 Å². The third-order valence-electron chi connectivity index (χ3n) is 4.12. The Labute approximate surface area is 120 Å². The van der Waals surface area contributed by atoms with Crippen molar-refractivity contribution in [2.45, 2.75) is 50.6 Å². The van der Waals surface area contributed by atoms with Gasteiger partial charge in [-0.1, -0.05) is 12.1 Å². The quantitative estimate of drug-likeness (QED) is 0.639. The molecule has 4 nitrogen and oxygen atoms in total. The number of nitrogens with zero attached hydrogens (tertiary/aromatic N) is 1. The van der Waals surface area contributed by atoms with Gasteiger partial charge in [0.05, 0.1) is 12.6 Å². The smallest absolute Gasteiger partial charge is 0.189 e. The van der Waals surface area contributed by atoms with Crippen molar-refractivity contribution in [1.29, 1.82) is 0 Å². The Morgan fingerprint density at radius 3 is 3.00 bits per heavy atom. The lowest BCUT2D eigenvalue weighted by molar-refractivity contribution is 0.340. The maximum atomic E-state index is 5.96.